The minimum absolute atomic E-state index is 0.189. The van der Waals surface area contributed by atoms with E-state index in [0.717, 1.165) is 24.2 Å². The first-order chi connectivity index (χ1) is 9.13. The summed E-state index contributed by atoms with van der Waals surface area (Å²) in [6, 6.07) is 7.91. The third-order valence-corrected chi connectivity index (χ3v) is 2.71. The number of rotatable bonds is 9. The van der Waals surface area contributed by atoms with Crippen LogP contribution in [0.3, 0.4) is 0 Å². The van der Waals surface area contributed by atoms with E-state index in [1.165, 1.54) is 6.92 Å². The van der Waals surface area contributed by atoms with Gasteiger partial charge in [0.25, 0.3) is 0 Å². The van der Waals surface area contributed by atoms with Gasteiger partial charge in [0.1, 0.15) is 6.10 Å². The molecule has 0 heterocycles. The molecule has 5 nitrogen and oxygen atoms in total. The van der Waals surface area contributed by atoms with Crippen molar-refractivity contribution >= 4 is 5.69 Å². The van der Waals surface area contributed by atoms with Crippen LogP contribution in [0.2, 0.25) is 0 Å². The van der Waals surface area contributed by atoms with Gasteiger partial charge in [-0.3, -0.25) is 0 Å². The monoisotopic (exact) mass is 269 g/mol. The minimum atomic E-state index is -1.13. The highest BCUT2D eigenvalue weighted by Crippen LogP contribution is 2.10. The van der Waals surface area contributed by atoms with Crippen LogP contribution in [0.25, 0.3) is 0 Å². The maximum Gasteiger partial charge on any atom is 0.180 e. The van der Waals surface area contributed by atoms with E-state index in [-0.39, 0.29) is 6.61 Å². The summed E-state index contributed by atoms with van der Waals surface area (Å²) in [7, 11) is 0. The van der Waals surface area contributed by atoms with Crippen molar-refractivity contribution in [1.82, 2.24) is 0 Å². The highest BCUT2D eigenvalue weighted by molar-refractivity contribution is 5.44. The van der Waals surface area contributed by atoms with Crippen LogP contribution < -0.4 is 5.32 Å². The number of hydrogen-bond donors (Lipinski definition) is 4. The van der Waals surface area contributed by atoms with Gasteiger partial charge >= 0.3 is 0 Å². The van der Waals surface area contributed by atoms with Gasteiger partial charge in [0.15, 0.2) is 6.29 Å². The maximum atomic E-state index is 9.27. The van der Waals surface area contributed by atoms with Crippen molar-refractivity contribution in [2.75, 3.05) is 25.1 Å². The molecule has 0 saturated heterocycles. The lowest BCUT2D eigenvalue weighted by Gasteiger charge is -2.14. The molecule has 0 aliphatic rings. The Morgan fingerprint density at radius 1 is 1.21 bits per heavy atom. The summed E-state index contributed by atoms with van der Waals surface area (Å²) in [5.74, 6) is 0. The van der Waals surface area contributed by atoms with Crippen molar-refractivity contribution in [2.24, 2.45) is 0 Å². The molecule has 0 aliphatic carbocycles. The standard InChI is InChI=1S/C14H23NO4/c1-11(17)14(18)19-10-7-12-3-5-13(6-4-12)15-8-2-9-16/h3-6,11,14-18H,2,7-10H2,1H3/t11-,14?/m0/s1. The van der Waals surface area contributed by atoms with Crippen LogP contribution >= 0.6 is 0 Å². The fraction of sp³-hybridized carbons (Fsp3) is 0.571. The predicted octanol–water partition coefficient (Wildman–Crippen LogP) is 0.739. The Bertz CT molecular complexity index is 340. The molecule has 19 heavy (non-hydrogen) atoms. The summed E-state index contributed by atoms with van der Waals surface area (Å²) < 4.78 is 5.08. The molecule has 1 aromatic rings. The first-order valence-electron chi connectivity index (χ1n) is 6.55. The Balaban J connectivity index is 2.28. The molecule has 0 radical (unpaired) electrons. The van der Waals surface area contributed by atoms with Crippen molar-refractivity contribution in [3.8, 4) is 0 Å². The van der Waals surface area contributed by atoms with E-state index in [1.807, 2.05) is 24.3 Å². The van der Waals surface area contributed by atoms with Gasteiger partial charge in [0.2, 0.25) is 0 Å². The molecule has 0 spiro atoms. The summed E-state index contributed by atoms with van der Waals surface area (Å²) in [5, 5.41) is 30.2. The SMILES string of the molecule is C[C@H](O)C(O)OCCc1ccc(NCCCO)cc1. The molecule has 1 rings (SSSR count). The second-order valence-electron chi connectivity index (χ2n) is 4.45. The number of aliphatic hydroxyl groups is 3. The lowest BCUT2D eigenvalue weighted by atomic mass is 10.1. The number of nitrogens with one attached hydrogen (secondary N) is 1. The predicted molar refractivity (Wildman–Crippen MR) is 74.0 cm³/mol. The number of benzene rings is 1. The highest BCUT2D eigenvalue weighted by atomic mass is 16.6. The van der Waals surface area contributed by atoms with Crippen LogP contribution in [0.4, 0.5) is 5.69 Å². The Morgan fingerprint density at radius 2 is 1.89 bits per heavy atom. The molecule has 5 heteroatoms. The molecule has 108 valence electrons. The van der Waals surface area contributed by atoms with Gasteiger partial charge in [-0.1, -0.05) is 12.1 Å². The van der Waals surface area contributed by atoms with Gasteiger partial charge in [0.05, 0.1) is 6.61 Å². The van der Waals surface area contributed by atoms with E-state index >= 15 is 0 Å². The largest absolute Gasteiger partial charge is 0.396 e. The van der Waals surface area contributed by atoms with Crippen LogP contribution in [-0.4, -0.2) is 47.5 Å². The van der Waals surface area contributed by atoms with Crippen molar-refractivity contribution in [1.29, 1.82) is 0 Å². The molecule has 0 aromatic heterocycles. The highest BCUT2D eigenvalue weighted by Gasteiger charge is 2.10. The Hall–Kier alpha value is -1.14. The van der Waals surface area contributed by atoms with Crippen molar-refractivity contribution < 1.29 is 20.1 Å². The van der Waals surface area contributed by atoms with Crippen molar-refractivity contribution in [3.63, 3.8) is 0 Å². The molecule has 0 amide bonds. The van der Waals surface area contributed by atoms with Gasteiger partial charge in [-0.2, -0.15) is 0 Å². The lowest BCUT2D eigenvalue weighted by Crippen LogP contribution is -2.26. The number of ether oxygens (including phenoxy) is 1. The summed E-state index contributed by atoms with van der Waals surface area (Å²) in [6.45, 7) is 2.79. The van der Waals surface area contributed by atoms with Gasteiger partial charge in [-0.25, -0.2) is 0 Å². The van der Waals surface area contributed by atoms with Crippen LogP contribution in [0.5, 0.6) is 0 Å². The molecule has 2 atom stereocenters. The third-order valence-electron chi connectivity index (χ3n) is 2.71. The Labute approximate surface area is 113 Å². The van der Waals surface area contributed by atoms with Gasteiger partial charge in [0, 0.05) is 18.8 Å². The number of anilines is 1. The second kappa shape index (κ2) is 8.87. The average Bonchev–Trinajstić information content (AvgIpc) is 2.40. The Kier molecular flexibility index (Phi) is 7.43. The summed E-state index contributed by atoms with van der Waals surface area (Å²) >= 11 is 0. The van der Waals surface area contributed by atoms with E-state index < -0.39 is 12.4 Å². The van der Waals surface area contributed by atoms with Gasteiger partial charge < -0.3 is 25.4 Å². The number of aliphatic hydroxyl groups excluding tert-OH is 3. The first-order valence-corrected chi connectivity index (χ1v) is 6.55. The molecule has 0 aliphatic heterocycles. The van der Waals surface area contributed by atoms with E-state index in [9.17, 15) is 5.11 Å². The fourth-order valence-electron chi connectivity index (χ4n) is 1.54. The Morgan fingerprint density at radius 3 is 2.47 bits per heavy atom. The van der Waals surface area contributed by atoms with Crippen molar-refractivity contribution in [3.05, 3.63) is 29.8 Å². The zero-order valence-corrected chi connectivity index (χ0v) is 11.2. The average molecular weight is 269 g/mol. The van der Waals surface area contributed by atoms with Gasteiger partial charge in [-0.05, 0) is 37.5 Å². The van der Waals surface area contributed by atoms with Crippen LogP contribution in [0.15, 0.2) is 24.3 Å². The molecule has 0 saturated carbocycles. The first kappa shape index (κ1) is 15.9. The molecule has 0 bridgehead atoms. The molecule has 1 unspecified atom stereocenters. The van der Waals surface area contributed by atoms with Gasteiger partial charge in [-0.15, -0.1) is 0 Å². The molecule has 4 N–H and O–H groups in total. The summed E-state index contributed by atoms with van der Waals surface area (Å²) in [5.41, 5.74) is 2.12. The van der Waals surface area contributed by atoms with E-state index in [2.05, 4.69) is 5.32 Å². The molecular weight excluding hydrogens is 246 g/mol. The summed E-state index contributed by atoms with van der Waals surface area (Å²) in [6.07, 6.45) is -0.592. The normalized spacial score (nSPS) is 14.1. The smallest absolute Gasteiger partial charge is 0.180 e. The fourth-order valence-corrected chi connectivity index (χ4v) is 1.54. The maximum absolute atomic E-state index is 9.27. The van der Waals surface area contributed by atoms with E-state index in [0.29, 0.717) is 13.0 Å². The lowest BCUT2D eigenvalue weighted by molar-refractivity contribution is -0.155. The van der Waals surface area contributed by atoms with Crippen LogP contribution in [-0.2, 0) is 11.2 Å². The zero-order valence-electron chi connectivity index (χ0n) is 11.2. The quantitative estimate of drug-likeness (QED) is 0.393. The number of hydrogen-bond acceptors (Lipinski definition) is 5. The van der Waals surface area contributed by atoms with Crippen molar-refractivity contribution in [2.45, 2.75) is 32.2 Å². The van der Waals surface area contributed by atoms with E-state index in [1.54, 1.807) is 0 Å². The third kappa shape index (κ3) is 6.54. The van der Waals surface area contributed by atoms with E-state index in [4.69, 9.17) is 14.9 Å². The second-order valence-corrected chi connectivity index (χ2v) is 4.45. The summed E-state index contributed by atoms with van der Waals surface area (Å²) in [4.78, 5) is 0. The topological polar surface area (TPSA) is 82.0 Å². The van der Waals surface area contributed by atoms with Crippen LogP contribution in [0, 0.1) is 0 Å². The minimum Gasteiger partial charge on any atom is -0.396 e. The molecular formula is C14H23NO4. The zero-order chi connectivity index (χ0) is 14.1. The molecule has 0 fully saturated rings. The van der Waals surface area contributed by atoms with Crippen LogP contribution in [0.1, 0.15) is 18.9 Å². The molecule has 1 aromatic carbocycles.